The van der Waals surface area contributed by atoms with E-state index in [0.29, 0.717) is 13.2 Å². The largest absolute Gasteiger partial charge is 0.501 e. The van der Waals surface area contributed by atoms with Crippen molar-refractivity contribution in [2.75, 3.05) is 13.2 Å². The monoisotopic (exact) mass is 276 g/mol. The lowest BCUT2D eigenvalue weighted by Crippen LogP contribution is -2.48. The maximum absolute atomic E-state index is 6.20. The number of rotatable bonds is 12. The fraction of sp³-hybridized carbons (Fsp3) is 1.00. The molecule has 0 rings (SSSR count). The van der Waals surface area contributed by atoms with Gasteiger partial charge in [-0.3, -0.25) is 0 Å². The molecule has 4 heteroatoms. The highest BCUT2D eigenvalue weighted by molar-refractivity contribution is 6.60. The minimum atomic E-state index is -2.42. The quantitative estimate of drug-likeness (QED) is 0.391. The molecule has 0 aliphatic heterocycles. The number of unbranched alkanes of at least 4 members (excludes halogenated alkanes) is 2. The molecule has 0 aromatic rings. The average Bonchev–Trinajstić information content (AvgIpc) is 2.30. The van der Waals surface area contributed by atoms with Gasteiger partial charge in [-0.2, -0.15) is 0 Å². The molecule has 0 aromatic heterocycles. The predicted octanol–water partition coefficient (Wildman–Crippen LogP) is 4.39. The van der Waals surface area contributed by atoms with Crippen LogP contribution in [-0.4, -0.2) is 28.1 Å². The van der Waals surface area contributed by atoms with E-state index in [4.69, 9.17) is 13.3 Å². The molecule has 1 atom stereocenters. The van der Waals surface area contributed by atoms with Crippen molar-refractivity contribution in [1.82, 2.24) is 0 Å². The van der Waals surface area contributed by atoms with Crippen LogP contribution < -0.4 is 0 Å². The van der Waals surface area contributed by atoms with Crippen LogP contribution in [0.4, 0.5) is 0 Å². The Kier molecular flexibility index (Phi) is 11.0. The van der Waals surface area contributed by atoms with Crippen molar-refractivity contribution in [2.45, 2.75) is 78.9 Å². The van der Waals surface area contributed by atoms with Gasteiger partial charge in [-0.1, -0.05) is 39.5 Å². The van der Waals surface area contributed by atoms with Crippen LogP contribution in [0.5, 0.6) is 0 Å². The van der Waals surface area contributed by atoms with Gasteiger partial charge in [0.15, 0.2) is 0 Å². The van der Waals surface area contributed by atoms with Crippen LogP contribution in [0.15, 0.2) is 0 Å². The summed E-state index contributed by atoms with van der Waals surface area (Å²) in [5.74, 6) is 0. The van der Waals surface area contributed by atoms with Crippen LogP contribution in [-0.2, 0) is 13.3 Å². The van der Waals surface area contributed by atoms with Gasteiger partial charge >= 0.3 is 8.80 Å². The average molecular weight is 276 g/mol. The Morgan fingerprint density at radius 2 is 1.50 bits per heavy atom. The third kappa shape index (κ3) is 7.51. The summed E-state index contributed by atoms with van der Waals surface area (Å²) in [4.78, 5) is 0. The Bertz CT molecular complexity index is 171. The zero-order valence-corrected chi connectivity index (χ0v) is 14.0. The van der Waals surface area contributed by atoms with Gasteiger partial charge in [0.2, 0.25) is 0 Å². The summed E-state index contributed by atoms with van der Waals surface area (Å²) in [5.41, 5.74) is 0. The van der Waals surface area contributed by atoms with Crippen LogP contribution in [0.25, 0.3) is 0 Å². The van der Waals surface area contributed by atoms with Gasteiger partial charge in [0.1, 0.15) is 0 Å². The van der Waals surface area contributed by atoms with E-state index in [1.54, 1.807) is 0 Å². The zero-order chi connectivity index (χ0) is 13.9. The van der Waals surface area contributed by atoms with Crippen LogP contribution in [0, 0.1) is 0 Å². The van der Waals surface area contributed by atoms with E-state index in [1.807, 2.05) is 13.8 Å². The van der Waals surface area contributed by atoms with Crippen molar-refractivity contribution >= 4 is 8.80 Å². The van der Waals surface area contributed by atoms with E-state index in [2.05, 4.69) is 20.8 Å². The lowest BCUT2D eigenvalue weighted by Gasteiger charge is -2.31. The maximum Gasteiger partial charge on any atom is 0.501 e. The summed E-state index contributed by atoms with van der Waals surface area (Å²) >= 11 is 0. The molecule has 1 unspecified atom stereocenters. The molecule has 0 aromatic carbocycles. The first-order valence-electron chi connectivity index (χ1n) is 7.59. The molecule has 0 aliphatic rings. The molecule has 0 aliphatic carbocycles. The Balaban J connectivity index is 4.34. The van der Waals surface area contributed by atoms with Gasteiger partial charge in [-0.15, -0.1) is 0 Å². The molecule has 3 nitrogen and oxygen atoms in total. The minimum Gasteiger partial charge on any atom is -0.374 e. The molecule has 0 saturated heterocycles. The second-order valence-corrected chi connectivity index (χ2v) is 7.40. The predicted molar refractivity (Wildman–Crippen MR) is 78.8 cm³/mol. The van der Waals surface area contributed by atoms with Crippen LogP contribution >= 0.6 is 0 Å². The molecule has 0 bridgehead atoms. The molecule has 0 radical (unpaired) electrons. The molecule has 0 saturated carbocycles. The summed E-state index contributed by atoms with van der Waals surface area (Å²) in [5, 5.41) is 0. The molecular formula is C14H32O3Si. The first-order chi connectivity index (χ1) is 8.64. The molecule has 18 heavy (non-hydrogen) atoms. The zero-order valence-electron chi connectivity index (χ0n) is 13.0. The molecule has 0 amide bonds. The van der Waals surface area contributed by atoms with Crippen molar-refractivity contribution < 1.29 is 13.3 Å². The maximum atomic E-state index is 6.20. The van der Waals surface area contributed by atoms with E-state index in [1.165, 1.54) is 19.3 Å². The molecule has 110 valence electrons. The molecule has 0 spiro atoms. The van der Waals surface area contributed by atoms with Gasteiger partial charge in [-0.25, -0.2) is 0 Å². The summed E-state index contributed by atoms with van der Waals surface area (Å²) in [6.45, 7) is 11.9. The Morgan fingerprint density at radius 3 is 1.94 bits per heavy atom. The van der Waals surface area contributed by atoms with Crippen molar-refractivity contribution in [3.8, 4) is 0 Å². The van der Waals surface area contributed by atoms with E-state index in [0.717, 1.165) is 18.9 Å². The fourth-order valence-corrected chi connectivity index (χ4v) is 4.96. The highest BCUT2D eigenvalue weighted by atomic mass is 28.4. The highest BCUT2D eigenvalue weighted by Gasteiger charge is 2.41. The van der Waals surface area contributed by atoms with Gasteiger partial charge in [0.25, 0.3) is 0 Å². The molecule has 0 fully saturated rings. The second kappa shape index (κ2) is 11.0. The van der Waals surface area contributed by atoms with Crippen LogP contribution in [0.3, 0.4) is 0 Å². The van der Waals surface area contributed by atoms with Gasteiger partial charge < -0.3 is 13.3 Å². The Labute approximate surface area is 115 Å². The van der Waals surface area contributed by atoms with Gasteiger partial charge in [0, 0.05) is 25.4 Å². The first kappa shape index (κ1) is 18.1. The number of hydrogen-bond acceptors (Lipinski definition) is 3. The van der Waals surface area contributed by atoms with Crippen molar-refractivity contribution in [1.29, 1.82) is 0 Å². The van der Waals surface area contributed by atoms with Crippen molar-refractivity contribution in [3.05, 3.63) is 0 Å². The standard InChI is InChI=1S/C14H32O3Si/c1-6-10-11-12-14(5)17-18(13-7-2,15-8-3)16-9-4/h14H,6-13H2,1-5H3. The molecular weight excluding hydrogens is 244 g/mol. The van der Waals surface area contributed by atoms with E-state index in [-0.39, 0.29) is 6.10 Å². The summed E-state index contributed by atoms with van der Waals surface area (Å²) < 4.78 is 18.0. The lowest BCUT2D eigenvalue weighted by molar-refractivity contribution is 0.0347. The van der Waals surface area contributed by atoms with Crippen LogP contribution in [0.2, 0.25) is 6.04 Å². The lowest BCUT2D eigenvalue weighted by atomic mass is 10.1. The molecule has 0 heterocycles. The van der Waals surface area contributed by atoms with Gasteiger partial charge in [0.05, 0.1) is 0 Å². The van der Waals surface area contributed by atoms with Crippen LogP contribution in [0.1, 0.15) is 66.7 Å². The first-order valence-corrected chi connectivity index (χ1v) is 9.52. The third-order valence-electron chi connectivity index (χ3n) is 2.88. The Morgan fingerprint density at radius 1 is 0.889 bits per heavy atom. The smallest absolute Gasteiger partial charge is 0.374 e. The molecule has 0 N–H and O–H groups in total. The SMILES string of the molecule is CCCCCC(C)O[Si](CCC)(OCC)OCC. The van der Waals surface area contributed by atoms with E-state index >= 15 is 0 Å². The van der Waals surface area contributed by atoms with Gasteiger partial charge in [-0.05, 0) is 27.2 Å². The normalized spacial score (nSPS) is 13.8. The second-order valence-electron chi connectivity index (χ2n) is 4.72. The fourth-order valence-electron chi connectivity index (χ4n) is 2.11. The van der Waals surface area contributed by atoms with Crippen molar-refractivity contribution in [2.24, 2.45) is 0 Å². The third-order valence-corrected chi connectivity index (χ3v) is 6.21. The van der Waals surface area contributed by atoms with Crippen molar-refractivity contribution in [3.63, 3.8) is 0 Å². The van der Waals surface area contributed by atoms with E-state index < -0.39 is 8.80 Å². The van der Waals surface area contributed by atoms with E-state index in [9.17, 15) is 0 Å². The summed E-state index contributed by atoms with van der Waals surface area (Å²) in [6.07, 6.45) is 6.15. The minimum absolute atomic E-state index is 0.243. The number of hydrogen-bond donors (Lipinski definition) is 0. The summed E-state index contributed by atoms with van der Waals surface area (Å²) in [7, 11) is -2.42. The highest BCUT2D eigenvalue weighted by Crippen LogP contribution is 2.21. The summed E-state index contributed by atoms with van der Waals surface area (Å²) in [6, 6.07) is 0.923. The topological polar surface area (TPSA) is 27.7 Å². The Hall–Kier alpha value is 0.0969.